The van der Waals surface area contributed by atoms with Gasteiger partial charge in [-0.15, -0.1) is 0 Å². The number of unbranched alkanes of at least 4 members (excludes halogenated alkanes) is 2. The third-order valence-electron chi connectivity index (χ3n) is 5.61. The topological polar surface area (TPSA) is 65.0 Å². The number of aromatic hydroxyl groups is 1. The van der Waals surface area contributed by atoms with Gasteiger partial charge in [0.05, 0.1) is 0 Å². The molecule has 2 unspecified atom stereocenters. The Morgan fingerprint density at radius 3 is 2.79 bits per heavy atom. The summed E-state index contributed by atoms with van der Waals surface area (Å²) >= 11 is 0. The zero-order valence-electron chi connectivity index (χ0n) is 17.5. The maximum Gasteiger partial charge on any atom is 0.345 e. The minimum Gasteiger partial charge on any atom is -0.507 e. The quantitative estimate of drug-likeness (QED) is 0.393. The first-order chi connectivity index (χ1) is 13.4. The molecule has 154 valence electrons. The van der Waals surface area contributed by atoms with E-state index in [-0.39, 0.29) is 18.3 Å². The highest BCUT2D eigenvalue weighted by molar-refractivity contribution is 5.96. The molecule has 0 aromatic heterocycles. The summed E-state index contributed by atoms with van der Waals surface area (Å²) in [6, 6.07) is 1.74. The molecular formula is C23H32O5. The van der Waals surface area contributed by atoms with Crippen LogP contribution in [0.3, 0.4) is 0 Å². The third-order valence-corrected chi connectivity index (χ3v) is 5.61. The number of benzene rings is 1. The molecule has 0 saturated heterocycles. The normalized spacial score (nSPS) is 24.2. The lowest BCUT2D eigenvalue weighted by Crippen LogP contribution is -2.46. The number of cyclic esters (lactones) is 1. The standard InChI is InChI=1S/C23H32O5/c1-5-6-7-10-17-13-18(24)19(16-11-8-9-15(2)12-16)21-20(17)22(25)28-23(3,27-21)14-26-4/h12-13,16,24H,5-11,14H2,1-4H3. The molecule has 0 bridgehead atoms. The number of allylic oxidation sites excluding steroid dienone is 2. The van der Waals surface area contributed by atoms with Crippen LogP contribution in [0.1, 0.15) is 86.7 Å². The summed E-state index contributed by atoms with van der Waals surface area (Å²) in [5, 5.41) is 10.9. The molecule has 5 heteroatoms. The molecule has 0 saturated carbocycles. The van der Waals surface area contributed by atoms with Crippen molar-refractivity contribution in [1.29, 1.82) is 0 Å². The molecule has 0 spiro atoms. The number of ether oxygens (including phenoxy) is 3. The number of methoxy groups -OCH3 is 1. The van der Waals surface area contributed by atoms with Crippen molar-refractivity contribution in [2.75, 3.05) is 13.7 Å². The van der Waals surface area contributed by atoms with Crippen molar-refractivity contribution >= 4 is 5.97 Å². The SMILES string of the molecule is CCCCCc1cc(O)c(C2C=C(C)CCC2)c2c1C(=O)OC(C)(COC)O2. The summed E-state index contributed by atoms with van der Waals surface area (Å²) in [5.74, 6) is -0.890. The maximum absolute atomic E-state index is 13.0. The summed E-state index contributed by atoms with van der Waals surface area (Å²) in [7, 11) is 1.55. The van der Waals surface area contributed by atoms with E-state index in [2.05, 4.69) is 19.9 Å². The van der Waals surface area contributed by atoms with Gasteiger partial charge in [0.25, 0.3) is 5.79 Å². The van der Waals surface area contributed by atoms with E-state index < -0.39 is 11.8 Å². The van der Waals surface area contributed by atoms with Crippen LogP contribution in [0.15, 0.2) is 17.7 Å². The van der Waals surface area contributed by atoms with Crippen LogP contribution in [-0.4, -0.2) is 30.6 Å². The molecule has 1 aromatic carbocycles. The fourth-order valence-electron chi connectivity index (χ4n) is 4.31. The van der Waals surface area contributed by atoms with E-state index in [1.807, 2.05) is 0 Å². The van der Waals surface area contributed by atoms with Gasteiger partial charge in [0.15, 0.2) is 0 Å². The number of rotatable bonds is 7. The lowest BCUT2D eigenvalue weighted by Gasteiger charge is -2.37. The highest BCUT2D eigenvalue weighted by Gasteiger charge is 2.42. The lowest BCUT2D eigenvalue weighted by molar-refractivity contribution is -0.171. The molecule has 0 radical (unpaired) electrons. The van der Waals surface area contributed by atoms with Crippen LogP contribution in [0, 0.1) is 0 Å². The lowest BCUT2D eigenvalue weighted by atomic mass is 9.83. The van der Waals surface area contributed by atoms with E-state index in [0.29, 0.717) is 23.3 Å². The summed E-state index contributed by atoms with van der Waals surface area (Å²) in [5.41, 5.74) is 3.27. The van der Waals surface area contributed by atoms with Gasteiger partial charge in [-0.1, -0.05) is 31.4 Å². The van der Waals surface area contributed by atoms with Gasteiger partial charge >= 0.3 is 5.97 Å². The van der Waals surface area contributed by atoms with Crippen molar-refractivity contribution in [3.05, 3.63) is 34.4 Å². The number of phenols is 1. The Hall–Kier alpha value is -2.01. The largest absolute Gasteiger partial charge is 0.507 e. The maximum atomic E-state index is 13.0. The molecule has 5 nitrogen and oxygen atoms in total. The second kappa shape index (κ2) is 8.56. The molecule has 1 N–H and O–H groups in total. The van der Waals surface area contributed by atoms with E-state index in [1.165, 1.54) is 5.57 Å². The second-order valence-electron chi connectivity index (χ2n) is 8.20. The predicted molar refractivity (Wildman–Crippen MR) is 108 cm³/mol. The second-order valence-corrected chi connectivity index (χ2v) is 8.20. The van der Waals surface area contributed by atoms with Crippen LogP contribution >= 0.6 is 0 Å². The molecular weight excluding hydrogens is 356 g/mol. The summed E-state index contributed by atoms with van der Waals surface area (Å²) < 4.78 is 17.0. The van der Waals surface area contributed by atoms with Gasteiger partial charge in [-0.2, -0.15) is 0 Å². The van der Waals surface area contributed by atoms with Crippen LogP contribution in [0.25, 0.3) is 0 Å². The number of aryl methyl sites for hydroxylation is 1. The number of hydrogen-bond donors (Lipinski definition) is 1. The van der Waals surface area contributed by atoms with Gasteiger partial charge in [-0.05, 0) is 50.7 Å². The number of carbonyl (C=O) groups excluding carboxylic acids is 1. The molecule has 0 fully saturated rings. The first kappa shape index (κ1) is 20.7. The number of esters is 1. The van der Waals surface area contributed by atoms with Crippen molar-refractivity contribution in [1.82, 2.24) is 0 Å². The van der Waals surface area contributed by atoms with Crippen molar-refractivity contribution in [2.24, 2.45) is 0 Å². The van der Waals surface area contributed by atoms with Gasteiger partial charge in [0, 0.05) is 25.5 Å². The highest BCUT2D eigenvalue weighted by Crippen LogP contribution is 2.47. The first-order valence-electron chi connectivity index (χ1n) is 10.4. The average molecular weight is 389 g/mol. The predicted octanol–water partition coefficient (Wildman–Crippen LogP) is 5.25. The van der Waals surface area contributed by atoms with Gasteiger partial charge in [0.2, 0.25) is 0 Å². The number of fused-ring (bicyclic) bond motifs is 1. The van der Waals surface area contributed by atoms with Crippen LogP contribution in [0.4, 0.5) is 0 Å². The minimum atomic E-state index is -1.20. The van der Waals surface area contributed by atoms with E-state index in [1.54, 1.807) is 20.1 Å². The van der Waals surface area contributed by atoms with Crippen molar-refractivity contribution in [2.45, 2.75) is 77.4 Å². The molecule has 1 aliphatic heterocycles. The Morgan fingerprint density at radius 1 is 1.32 bits per heavy atom. The van der Waals surface area contributed by atoms with E-state index in [4.69, 9.17) is 14.2 Å². The third kappa shape index (κ3) is 4.19. The first-order valence-corrected chi connectivity index (χ1v) is 10.4. The molecule has 2 atom stereocenters. The van der Waals surface area contributed by atoms with Crippen LogP contribution in [-0.2, 0) is 15.9 Å². The zero-order valence-corrected chi connectivity index (χ0v) is 17.5. The van der Waals surface area contributed by atoms with Crippen LogP contribution in [0.5, 0.6) is 11.5 Å². The van der Waals surface area contributed by atoms with Gasteiger partial charge in [0.1, 0.15) is 23.7 Å². The van der Waals surface area contributed by atoms with Crippen molar-refractivity contribution in [3.8, 4) is 11.5 Å². The fraction of sp³-hybridized carbons (Fsp3) is 0.609. The summed E-state index contributed by atoms with van der Waals surface area (Å²) in [6.07, 6.45) is 9.05. The zero-order chi connectivity index (χ0) is 20.3. The Bertz CT molecular complexity index is 767. The Kier molecular flexibility index (Phi) is 6.33. The average Bonchev–Trinajstić information content (AvgIpc) is 2.61. The monoisotopic (exact) mass is 388 g/mol. The van der Waals surface area contributed by atoms with Crippen molar-refractivity contribution < 1.29 is 24.1 Å². The molecule has 2 aliphatic rings. The smallest absolute Gasteiger partial charge is 0.345 e. The molecule has 0 amide bonds. The summed E-state index contributed by atoms with van der Waals surface area (Å²) in [6.45, 7) is 6.07. The summed E-state index contributed by atoms with van der Waals surface area (Å²) in [4.78, 5) is 13.0. The number of phenolic OH excluding ortho intramolecular Hbond substituents is 1. The van der Waals surface area contributed by atoms with Crippen LogP contribution < -0.4 is 4.74 Å². The van der Waals surface area contributed by atoms with Crippen LogP contribution in [0.2, 0.25) is 0 Å². The van der Waals surface area contributed by atoms with Gasteiger partial charge in [-0.3, -0.25) is 0 Å². The molecule has 1 heterocycles. The van der Waals surface area contributed by atoms with E-state index in [0.717, 1.165) is 44.1 Å². The van der Waals surface area contributed by atoms with Gasteiger partial charge in [-0.25, -0.2) is 4.79 Å². The Balaban J connectivity index is 2.12. The van der Waals surface area contributed by atoms with E-state index in [9.17, 15) is 9.90 Å². The molecule has 1 aromatic rings. The van der Waals surface area contributed by atoms with Crippen molar-refractivity contribution in [3.63, 3.8) is 0 Å². The Morgan fingerprint density at radius 2 is 2.11 bits per heavy atom. The van der Waals surface area contributed by atoms with E-state index >= 15 is 0 Å². The van der Waals surface area contributed by atoms with Gasteiger partial charge < -0.3 is 19.3 Å². The molecule has 1 aliphatic carbocycles. The number of carbonyl (C=O) groups is 1. The fourth-order valence-corrected chi connectivity index (χ4v) is 4.31. The number of hydrogen-bond acceptors (Lipinski definition) is 5. The molecule has 3 rings (SSSR count). The Labute approximate surface area is 167 Å². The highest BCUT2D eigenvalue weighted by atomic mass is 16.7. The molecule has 28 heavy (non-hydrogen) atoms. The minimum absolute atomic E-state index is 0.0323.